The summed E-state index contributed by atoms with van der Waals surface area (Å²) in [7, 11) is 0. The lowest BCUT2D eigenvalue weighted by Gasteiger charge is -1.97. The molecule has 0 saturated heterocycles. The largest absolute Gasteiger partial charge is 0.383 e. The number of anilines is 2. The number of halogens is 1. The molecule has 0 amide bonds. The third-order valence-electron chi connectivity index (χ3n) is 1.83. The topological polar surface area (TPSA) is 104 Å². The van der Waals surface area contributed by atoms with Crippen LogP contribution in [0.25, 0.3) is 0 Å². The van der Waals surface area contributed by atoms with Crippen molar-refractivity contribution in [2.75, 3.05) is 11.5 Å². The Morgan fingerprint density at radius 3 is 2.35 bits per heavy atom. The average molecular weight is 247 g/mol. The van der Waals surface area contributed by atoms with E-state index in [9.17, 15) is 0 Å². The molecule has 17 heavy (non-hydrogen) atoms. The van der Waals surface area contributed by atoms with Gasteiger partial charge in [0.25, 0.3) is 0 Å². The van der Waals surface area contributed by atoms with Crippen molar-refractivity contribution in [1.29, 1.82) is 0 Å². The summed E-state index contributed by atoms with van der Waals surface area (Å²) in [5.41, 5.74) is 11.9. The number of hydrogen-bond acceptors (Lipinski definition) is 6. The fraction of sp³-hybridized carbons (Fsp3) is 0. The molecule has 0 aliphatic heterocycles. The molecule has 0 radical (unpaired) electrons. The highest BCUT2D eigenvalue weighted by atomic mass is 35.5. The Morgan fingerprint density at radius 2 is 1.71 bits per heavy atom. The lowest BCUT2D eigenvalue weighted by Crippen LogP contribution is -1.97. The summed E-state index contributed by atoms with van der Waals surface area (Å²) in [6, 6.07) is 0. The minimum atomic E-state index is 0.191. The summed E-state index contributed by atoms with van der Waals surface area (Å²) in [5.74, 6) is 5.98. The van der Waals surface area contributed by atoms with Gasteiger partial charge in [0.1, 0.15) is 22.9 Å². The van der Waals surface area contributed by atoms with E-state index in [1.807, 2.05) is 0 Å². The van der Waals surface area contributed by atoms with Crippen LogP contribution in [0.1, 0.15) is 11.1 Å². The number of aromatic nitrogens is 4. The van der Waals surface area contributed by atoms with Crippen molar-refractivity contribution in [2.24, 2.45) is 0 Å². The third-order valence-corrected chi connectivity index (χ3v) is 2.12. The maximum absolute atomic E-state index is 5.84. The smallest absolute Gasteiger partial charge is 0.219 e. The molecule has 2 aromatic heterocycles. The Hall–Kier alpha value is -2.39. The van der Waals surface area contributed by atoms with Crippen LogP contribution in [0, 0.1) is 11.8 Å². The highest BCUT2D eigenvalue weighted by molar-refractivity contribution is 6.30. The lowest BCUT2D eigenvalue weighted by atomic mass is 10.2. The first-order valence-electron chi connectivity index (χ1n) is 4.52. The second kappa shape index (κ2) is 4.63. The van der Waals surface area contributed by atoms with Gasteiger partial charge in [0.05, 0.1) is 5.56 Å². The van der Waals surface area contributed by atoms with Gasteiger partial charge in [0, 0.05) is 12.4 Å². The molecule has 84 valence electrons. The molecule has 6 nitrogen and oxygen atoms in total. The molecule has 4 N–H and O–H groups in total. The number of nitrogens with zero attached hydrogens (tertiary/aromatic N) is 4. The van der Waals surface area contributed by atoms with Gasteiger partial charge in [0.2, 0.25) is 5.95 Å². The van der Waals surface area contributed by atoms with Gasteiger partial charge in [-0.1, -0.05) is 23.4 Å². The van der Waals surface area contributed by atoms with Crippen molar-refractivity contribution in [3.8, 4) is 11.8 Å². The Bertz CT molecular complexity index is 578. The number of nitrogen functional groups attached to an aromatic ring is 2. The molecule has 0 aliphatic carbocycles. The molecule has 2 rings (SSSR count). The van der Waals surface area contributed by atoms with E-state index >= 15 is 0 Å². The van der Waals surface area contributed by atoms with Gasteiger partial charge < -0.3 is 11.5 Å². The van der Waals surface area contributed by atoms with Gasteiger partial charge in [-0.15, -0.1) is 0 Å². The second-order valence-corrected chi connectivity index (χ2v) is 3.36. The van der Waals surface area contributed by atoms with Crippen LogP contribution < -0.4 is 11.5 Å². The zero-order chi connectivity index (χ0) is 12.3. The summed E-state index contributed by atoms with van der Waals surface area (Å²) in [5, 5.41) is 0.210. The fourth-order valence-corrected chi connectivity index (χ4v) is 1.22. The highest BCUT2D eigenvalue weighted by Gasteiger charge is 2.03. The second-order valence-electron chi connectivity index (χ2n) is 3.00. The summed E-state index contributed by atoms with van der Waals surface area (Å²) in [6.45, 7) is 0. The van der Waals surface area contributed by atoms with Crippen LogP contribution in [-0.2, 0) is 0 Å². The van der Waals surface area contributed by atoms with E-state index in [0.29, 0.717) is 11.1 Å². The van der Waals surface area contributed by atoms with E-state index < -0.39 is 0 Å². The van der Waals surface area contributed by atoms with Crippen LogP contribution in [0.5, 0.6) is 0 Å². The molecule has 2 heterocycles. The molecule has 0 aromatic carbocycles. The summed E-state index contributed by atoms with van der Waals surface area (Å²) < 4.78 is 0. The summed E-state index contributed by atoms with van der Waals surface area (Å²) in [4.78, 5) is 15.2. The maximum Gasteiger partial charge on any atom is 0.219 e. The van der Waals surface area contributed by atoms with E-state index in [0.717, 1.165) is 0 Å². The van der Waals surface area contributed by atoms with Crippen LogP contribution >= 0.6 is 11.6 Å². The van der Waals surface area contributed by atoms with E-state index in [2.05, 4.69) is 31.8 Å². The van der Waals surface area contributed by atoms with Crippen molar-refractivity contribution in [3.63, 3.8) is 0 Å². The van der Waals surface area contributed by atoms with Crippen LogP contribution in [0.4, 0.5) is 11.8 Å². The number of nitrogens with two attached hydrogens (primary N) is 2. The first-order chi connectivity index (χ1) is 8.16. The Morgan fingerprint density at radius 1 is 1.00 bits per heavy atom. The van der Waals surface area contributed by atoms with Crippen molar-refractivity contribution in [1.82, 2.24) is 19.9 Å². The zero-order valence-corrected chi connectivity index (χ0v) is 9.31. The van der Waals surface area contributed by atoms with Gasteiger partial charge >= 0.3 is 0 Å². The molecule has 0 fully saturated rings. The highest BCUT2D eigenvalue weighted by Crippen LogP contribution is 2.15. The van der Waals surface area contributed by atoms with Crippen molar-refractivity contribution in [2.45, 2.75) is 0 Å². The average Bonchev–Trinajstić information content (AvgIpc) is 2.31. The van der Waals surface area contributed by atoms with Crippen LogP contribution in [-0.4, -0.2) is 19.9 Å². The van der Waals surface area contributed by atoms with Gasteiger partial charge in [0.15, 0.2) is 0 Å². The van der Waals surface area contributed by atoms with Crippen LogP contribution in [0.15, 0.2) is 18.7 Å². The van der Waals surface area contributed by atoms with Gasteiger partial charge in [-0.05, 0) is 0 Å². The fourth-order valence-electron chi connectivity index (χ4n) is 1.03. The standard InChI is InChI=1S/C10H7ClN6/c11-8-7(9(12)17-5-16-8)2-1-6-3-14-10(13)15-4-6/h3-5H,(H2,12,16,17)(H2,13,14,15). The minimum Gasteiger partial charge on any atom is -0.383 e. The quantitative estimate of drug-likeness (QED) is 0.518. The van der Waals surface area contributed by atoms with Crippen molar-refractivity contribution in [3.05, 3.63) is 35.0 Å². The molecular weight excluding hydrogens is 240 g/mol. The Kier molecular flexibility index (Phi) is 3.03. The molecule has 7 heteroatoms. The molecule has 0 atom stereocenters. The van der Waals surface area contributed by atoms with Gasteiger partial charge in [-0.2, -0.15) is 0 Å². The van der Waals surface area contributed by atoms with Gasteiger partial charge in [-0.3, -0.25) is 0 Å². The molecule has 0 saturated carbocycles. The maximum atomic E-state index is 5.84. The van der Waals surface area contributed by atoms with Gasteiger partial charge in [-0.25, -0.2) is 19.9 Å². The lowest BCUT2D eigenvalue weighted by molar-refractivity contribution is 1.16. The molecule has 0 aliphatic rings. The number of rotatable bonds is 0. The normalized spacial score (nSPS) is 9.47. The zero-order valence-electron chi connectivity index (χ0n) is 8.55. The first kappa shape index (κ1) is 11.1. The molecule has 0 bridgehead atoms. The van der Waals surface area contributed by atoms with Crippen LogP contribution in [0.3, 0.4) is 0 Å². The predicted octanol–water partition coefficient (Wildman–Crippen LogP) is 0.484. The Balaban J connectivity index is 2.36. The summed E-state index contributed by atoms with van der Waals surface area (Å²) >= 11 is 5.84. The SMILES string of the molecule is Nc1ncc(C#Cc2c(N)ncnc2Cl)cn1. The Labute approximate surface area is 102 Å². The minimum absolute atomic E-state index is 0.191. The van der Waals surface area contributed by atoms with Crippen LogP contribution in [0.2, 0.25) is 5.15 Å². The van der Waals surface area contributed by atoms with Crippen molar-refractivity contribution < 1.29 is 0 Å². The molecule has 2 aromatic rings. The molecule has 0 unspecified atom stereocenters. The third kappa shape index (κ3) is 2.59. The monoisotopic (exact) mass is 246 g/mol. The summed E-state index contributed by atoms with van der Waals surface area (Å²) in [6.07, 6.45) is 4.28. The molecular formula is C10H7ClN6. The van der Waals surface area contributed by atoms with E-state index in [1.54, 1.807) is 0 Å². The van der Waals surface area contributed by atoms with E-state index in [4.69, 9.17) is 23.1 Å². The molecule has 0 spiro atoms. The predicted molar refractivity (Wildman–Crippen MR) is 63.9 cm³/mol. The van der Waals surface area contributed by atoms with E-state index in [1.165, 1.54) is 18.7 Å². The first-order valence-corrected chi connectivity index (χ1v) is 4.90. The number of hydrogen-bond donors (Lipinski definition) is 2. The van der Waals surface area contributed by atoms with E-state index in [-0.39, 0.29) is 16.9 Å². The van der Waals surface area contributed by atoms with Crippen molar-refractivity contribution >= 4 is 23.4 Å².